The van der Waals surface area contributed by atoms with E-state index < -0.39 is 12.5 Å². The van der Waals surface area contributed by atoms with Crippen molar-refractivity contribution in [2.24, 2.45) is 5.92 Å². The Hall–Kier alpha value is -1.27. The van der Waals surface area contributed by atoms with Gasteiger partial charge in [-0.1, -0.05) is 18.2 Å². The first-order valence-corrected chi connectivity index (χ1v) is 6.21. The number of aliphatic hydroxyl groups excluding tert-OH is 1. The maximum absolute atomic E-state index is 12.3. The summed E-state index contributed by atoms with van der Waals surface area (Å²) in [6.45, 7) is 1.48. The molecule has 106 valence electrons. The van der Waals surface area contributed by atoms with E-state index in [0.29, 0.717) is 6.54 Å². The van der Waals surface area contributed by atoms with E-state index >= 15 is 0 Å². The highest BCUT2D eigenvalue weighted by Crippen LogP contribution is 2.35. The van der Waals surface area contributed by atoms with Gasteiger partial charge in [0, 0.05) is 18.0 Å². The molecule has 6 heteroatoms. The summed E-state index contributed by atoms with van der Waals surface area (Å²) < 4.78 is 40.9. The molecule has 2 N–H and O–H groups in total. The molecule has 0 spiro atoms. The number of piperidine rings is 1. The second kappa shape index (κ2) is 5.79. The van der Waals surface area contributed by atoms with Gasteiger partial charge < -0.3 is 15.2 Å². The van der Waals surface area contributed by atoms with Crippen molar-refractivity contribution < 1.29 is 23.0 Å². The monoisotopic (exact) mass is 275 g/mol. The summed E-state index contributed by atoms with van der Waals surface area (Å²) in [5, 5.41) is 13.4. The molecule has 0 amide bonds. The first kappa shape index (κ1) is 14.1. The number of rotatable bonds is 3. The topological polar surface area (TPSA) is 41.5 Å². The number of hydrogen-bond acceptors (Lipinski definition) is 3. The molecular formula is C13H16F3NO2. The summed E-state index contributed by atoms with van der Waals surface area (Å²) in [5.41, 5.74) is 0.188. The van der Waals surface area contributed by atoms with Crippen molar-refractivity contribution in [1.82, 2.24) is 5.32 Å². The minimum Gasteiger partial charge on any atom is -0.405 e. The number of benzene rings is 1. The van der Waals surface area contributed by atoms with Gasteiger partial charge in [0.15, 0.2) is 0 Å². The van der Waals surface area contributed by atoms with E-state index in [4.69, 9.17) is 0 Å². The fourth-order valence-corrected chi connectivity index (χ4v) is 2.34. The molecule has 2 rings (SSSR count). The summed E-state index contributed by atoms with van der Waals surface area (Å²) in [5.74, 6) is -0.417. The van der Waals surface area contributed by atoms with E-state index in [2.05, 4.69) is 10.1 Å². The number of ether oxygens (including phenoxy) is 1. The van der Waals surface area contributed by atoms with Gasteiger partial charge in [0.25, 0.3) is 0 Å². The summed E-state index contributed by atoms with van der Waals surface area (Å²) in [6, 6.07) is 5.75. The lowest BCUT2D eigenvalue weighted by Crippen LogP contribution is -2.33. The summed E-state index contributed by atoms with van der Waals surface area (Å²) >= 11 is 0. The van der Waals surface area contributed by atoms with Gasteiger partial charge >= 0.3 is 6.36 Å². The molecule has 1 fully saturated rings. The molecule has 0 bridgehead atoms. The molecule has 1 aliphatic rings. The zero-order chi connectivity index (χ0) is 13.9. The van der Waals surface area contributed by atoms with Crippen molar-refractivity contribution >= 4 is 0 Å². The number of aliphatic hydroxyl groups is 1. The molecule has 3 nitrogen and oxygen atoms in total. The Bertz CT molecular complexity index is 417. The second-order valence-corrected chi connectivity index (χ2v) is 4.64. The summed E-state index contributed by atoms with van der Waals surface area (Å²) in [7, 11) is 0. The van der Waals surface area contributed by atoms with Crippen molar-refractivity contribution in [1.29, 1.82) is 0 Å². The van der Waals surface area contributed by atoms with E-state index in [1.54, 1.807) is 6.07 Å². The minimum absolute atomic E-state index is 0.0910. The van der Waals surface area contributed by atoms with Crippen LogP contribution < -0.4 is 10.1 Å². The Morgan fingerprint density at radius 3 is 2.68 bits per heavy atom. The Morgan fingerprint density at radius 1 is 1.32 bits per heavy atom. The Labute approximate surface area is 109 Å². The lowest BCUT2D eigenvalue weighted by atomic mass is 9.89. The van der Waals surface area contributed by atoms with Gasteiger partial charge in [0.1, 0.15) is 5.75 Å². The van der Waals surface area contributed by atoms with Crippen molar-refractivity contribution in [3.8, 4) is 5.75 Å². The Balaban J connectivity index is 2.18. The van der Waals surface area contributed by atoms with Crippen LogP contribution >= 0.6 is 0 Å². The van der Waals surface area contributed by atoms with Crippen LogP contribution in [0.1, 0.15) is 24.5 Å². The predicted molar refractivity (Wildman–Crippen MR) is 63.7 cm³/mol. The zero-order valence-corrected chi connectivity index (χ0v) is 10.3. The van der Waals surface area contributed by atoms with Crippen LogP contribution in [-0.4, -0.2) is 24.6 Å². The van der Waals surface area contributed by atoms with Gasteiger partial charge in [-0.15, -0.1) is 13.2 Å². The molecule has 1 aromatic carbocycles. The smallest absolute Gasteiger partial charge is 0.405 e. The third kappa shape index (κ3) is 3.84. The van der Waals surface area contributed by atoms with Gasteiger partial charge in [0.2, 0.25) is 0 Å². The first-order chi connectivity index (χ1) is 8.97. The van der Waals surface area contributed by atoms with Crippen molar-refractivity contribution in [3.05, 3.63) is 29.8 Å². The van der Waals surface area contributed by atoms with E-state index in [1.165, 1.54) is 18.2 Å². The third-order valence-electron chi connectivity index (χ3n) is 3.24. The number of alkyl halides is 3. The van der Waals surface area contributed by atoms with Gasteiger partial charge in [-0.25, -0.2) is 0 Å². The van der Waals surface area contributed by atoms with E-state index in [0.717, 1.165) is 19.4 Å². The third-order valence-corrected chi connectivity index (χ3v) is 3.24. The van der Waals surface area contributed by atoms with Crippen molar-refractivity contribution in [2.45, 2.75) is 25.3 Å². The van der Waals surface area contributed by atoms with Crippen LogP contribution in [0.5, 0.6) is 5.75 Å². The number of para-hydroxylation sites is 1. The van der Waals surface area contributed by atoms with E-state index in [-0.39, 0.29) is 17.2 Å². The second-order valence-electron chi connectivity index (χ2n) is 4.64. The standard InChI is InChI=1S/C13H16F3NO2/c14-13(15,16)19-11-6-2-1-5-10(11)12(18)9-4-3-7-17-8-9/h1-2,5-6,9,12,17-18H,3-4,7-8H2. The largest absolute Gasteiger partial charge is 0.573 e. The number of nitrogens with one attached hydrogen (secondary N) is 1. The number of halogens is 3. The van der Waals surface area contributed by atoms with Gasteiger partial charge in [-0.3, -0.25) is 0 Å². The van der Waals surface area contributed by atoms with Crippen molar-refractivity contribution in [2.75, 3.05) is 13.1 Å². The normalized spacial score (nSPS) is 22.0. The minimum atomic E-state index is -4.75. The van der Waals surface area contributed by atoms with Crippen LogP contribution in [0.3, 0.4) is 0 Å². The van der Waals surface area contributed by atoms with Crippen molar-refractivity contribution in [3.63, 3.8) is 0 Å². The maximum Gasteiger partial charge on any atom is 0.573 e. The van der Waals surface area contributed by atoms with Crippen LogP contribution in [0.25, 0.3) is 0 Å². The van der Waals surface area contributed by atoms with Gasteiger partial charge in [0.05, 0.1) is 6.10 Å². The SMILES string of the molecule is OC(c1ccccc1OC(F)(F)F)C1CCCNC1. The van der Waals surface area contributed by atoms with E-state index in [1.807, 2.05) is 0 Å². The van der Waals surface area contributed by atoms with Crippen LogP contribution in [0.2, 0.25) is 0 Å². The summed E-state index contributed by atoms with van der Waals surface area (Å²) in [6.07, 6.45) is -4.01. The fraction of sp³-hybridized carbons (Fsp3) is 0.538. The van der Waals surface area contributed by atoms with Gasteiger partial charge in [-0.2, -0.15) is 0 Å². The van der Waals surface area contributed by atoms with Crippen LogP contribution in [-0.2, 0) is 0 Å². The molecule has 1 saturated heterocycles. The van der Waals surface area contributed by atoms with Crippen LogP contribution in [0.4, 0.5) is 13.2 Å². The highest BCUT2D eigenvalue weighted by atomic mass is 19.4. The fourth-order valence-electron chi connectivity index (χ4n) is 2.34. The molecular weight excluding hydrogens is 259 g/mol. The molecule has 0 aromatic heterocycles. The Kier molecular flexibility index (Phi) is 4.31. The van der Waals surface area contributed by atoms with Crippen LogP contribution in [0, 0.1) is 5.92 Å². The molecule has 19 heavy (non-hydrogen) atoms. The Morgan fingerprint density at radius 2 is 2.05 bits per heavy atom. The van der Waals surface area contributed by atoms with Gasteiger partial charge in [-0.05, 0) is 25.5 Å². The molecule has 2 atom stereocenters. The average Bonchev–Trinajstić information content (AvgIpc) is 2.38. The molecule has 0 saturated carbocycles. The molecule has 0 radical (unpaired) electrons. The summed E-state index contributed by atoms with van der Waals surface area (Å²) in [4.78, 5) is 0. The average molecular weight is 275 g/mol. The first-order valence-electron chi connectivity index (χ1n) is 6.21. The highest BCUT2D eigenvalue weighted by Gasteiger charge is 2.34. The maximum atomic E-state index is 12.3. The zero-order valence-electron chi connectivity index (χ0n) is 10.3. The lowest BCUT2D eigenvalue weighted by Gasteiger charge is -2.28. The molecule has 1 aromatic rings. The van der Waals surface area contributed by atoms with Crippen LogP contribution in [0.15, 0.2) is 24.3 Å². The molecule has 1 heterocycles. The van der Waals surface area contributed by atoms with E-state index in [9.17, 15) is 18.3 Å². The molecule has 2 unspecified atom stereocenters. The lowest BCUT2D eigenvalue weighted by molar-refractivity contribution is -0.275. The highest BCUT2D eigenvalue weighted by molar-refractivity contribution is 5.35. The predicted octanol–water partition coefficient (Wildman–Crippen LogP) is 2.62. The number of hydrogen-bond donors (Lipinski definition) is 2. The molecule has 0 aliphatic carbocycles. The molecule has 1 aliphatic heterocycles. The quantitative estimate of drug-likeness (QED) is 0.891.